The molecule has 0 aliphatic rings. The van der Waals surface area contributed by atoms with Gasteiger partial charge in [-0.05, 0) is 43.5 Å². The average molecular weight is 558 g/mol. The maximum atomic E-state index is 13.7. The topological polar surface area (TPSA) is 49.4 Å². The molecule has 3 aromatic carbocycles. The number of rotatable bonds is 12. The van der Waals surface area contributed by atoms with E-state index < -0.39 is 6.04 Å². The minimum Gasteiger partial charge on any atom is -0.352 e. The molecule has 0 fully saturated rings. The summed E-state index contributed by atoms with van der Waals surface area (Å²) in [4.78, 5) is 29.0. The molecule has 3 aromatic rings. The third kappa shape index (κ3) is 8.80. The van der Waals surface area contributed by atoms with Gasteiger partial charge in [-0.25, -0.2) is 0 Å². The van der Waals surface area contributed by atoms with Crippen LogP contribution < -0.4 is 5.32 Å². The second-order valence-corrected chi connectivity index (χ2v) is 11.0. The fourth-order valence-corrected chi connectivity index (χ4v) is 5.26. The number of amides is 2. The number of carbonyl (C=O) groups is 2. The highest BCUT2D eigenvalue weighted by molar-refractivity contribution is 7.99. The number of aryl methyl sites for hydroxylation is 1. The number of nitrogens with one attached hydrogen (secondary N) is 1. The fourth-order valence-electron chi connectivity index (χ4n) is 3.87. The molecule has 0 aromatic heterocycles. The van der Waals surface area contributed by atoms with Crippen molar-refractivity contribution in [1.82, 2.24) is 10.2 Å². The van der Waals surface area contributed by atoms with Crippen molar-refractivity contribution in [2.24, 2.45) is 0 Å². The van der Waals surface area contributed by atoms with Crippen molar-refractivity contribution in [1.29, 1.82) is 0 Å². The van der Waals surface area contributed by atoms with Gasteiger partial charge in [0, 0.05) is 40.4 Å². The molecule has 0 unspecified atom stereocenters. The van der Waals surface area contributed by atoms with E-state index in [1.165, 1.54) is 17.3 Å². The third-order valence-electron chi connectivity index (χ3n) is 6.28. The summed E-state index contributed by atoms with van der Waals surface area (Å²) >= 11 is 14.5. The molecule has 37 heavy (non-hydrogen) atoms. The Hall–Kier alpha value is -2.47. The van der Waals surface area contributed by atoms with Crippen LogP contribution in [0.3, 0.4) is 0 Å². The summed E-state index contributed by atoms with van der Waals surface area (Å²) in [6.07, 6.45) is 1.18. The normalized spacial score (nSPS) is 12.6. The van der Waals surface area contributed by atoms with Crippen LogP contribution in [0, 0.1) is 6.92 Å². The second-order valence-electron chi connectivity index (χ2n) is 9.22. The van der Waals surface area contributed by atoms with Crippen LogP contribution in [0.5, 0.6) is 0 Å². The van der Waals surface area contributed by atoms with Crippen LogP contribution in [-0.2, 0) is 28.3 Å². The summed E-state index contributed by atoms with van der Waals surface area (Å²) in [5.41, 5.74) is 3.96. The molecule has 2 amide bonds. The van der Waals surface area contributed by atoms with Gasteiger partial charge in [0.05, 0.1) is 5.75 Å². The number of benzene rings is 3. The summed E-state index contributed by atoms with van der Waals surface area (Å²) in [5, 5.41) is 4.02. The zero-order valence-corrected chi connectivity index (χ0v) is 23.9. The highest BCUT2D eigenvalue weighted by Crippen LogP contribution is 2.28. The summed E-state index contributed by atoms with van der Waals surface area (Å²) < 4.78 is 0. The van der Waals surface area contributed by atoms with Crippen molar-refractivity contribution in [2.45, 2.75) is 58.0 Å². The molecule has 0 saturated heterocycles. The van der Waals surface area contributed by atoms with Gasteiger partial charge in [0.1, 0.15) is 6.04 Å². The standard InChI is InChI=1S/C30H34Cl2N2O2S/c1-4-22(3)33-30(36)28(17-23-9-6-5-7-10-23)34(18-25-26(31)11-8-12-27(25)32)29(35)20-37-19-24-15-13-21(2)14-16-24/h5-16,22,28H,4,17-20H2,1-3H3,(H,33,36)/t22-,28+/m0/s1. The predicted molar refractivity (Wildman–Crippen MR) is 156 cm³/mol. The monoisotopic (exact) mass is 556 g/mol. The van der Waals surface area contributed by atoms with Crippen LogP contribution in [0.15, 0.2) is 72.8 Å². The lowest BCUT2D eigenvalue weighted by atomic mass is 10.0. The summed E-state index contributed by atoms with van der Waals surface area (Å²) in [7, 11) is 0. The molecule has 0 aliphatic heterocycles. The average Bonchev–Trinajstić information content (AvgIpc) is 2.89. The van der Waals surface area contributed by atoms with E-state index in [9.17, 15) is 9.59 Å². The lowest BCUT2D eigenvalue weighted by Gasteiger charge is -2.32. The first-order chi connectivity index (χ1) is 17.8. The molecule has 3 rings (SSSR count). The van der Waals surface area contributed by atoms with Crippen LogP contribution in [0.2, 0.25) is 10.0 Å². The first kappa shape index (κ1) is 29.1. The number of hydrogen-bond donors (Lipinski definition) is 1. The maximum absolute atomic E-state index is 13.7. The van der Waals surface area contributed by atoms with Gasteiger partial charge in [-0.1, -0.05) is 96.4 Å². The van der Waals surface area contributed by atoms with E-state index in [-0.39, 0.29) is 30.2 Å². The smallest absolute Gasteiger partial charge is 0.243 e. The fraction of sp³-hybridized carbons (Fsp3) is 0.333. The predicted octanol–water partition coefficient (Wildman–Crippen LogP) is 7.09. The molecule has 0 radical (unpaired) electrons. The molecule has 0 bridgehead atoms. The van der Waals surface area contributed by atoms with Gasteiger partial charge >= 0.3 is 0 Å². The first-order valence-corrected chi connectivity index (χ1v) is 14.4. The summed E-state index contributed by atoms with van der Waals surface area (Å²) in [6.45, 7) is 6.18. The minimum atomic E-state index is -0.712. The molecule has 7 heteroatoms. The van der Waals surface area contributed by atoms with E-state index in [1.54, 1.807) is 23.1 Å². The SMILES string of the molecule is CC[C@H](C)NC(=O)[C@@H](Cc1ccccc1)N(Cc1c(Cl)cccc1Cl)C(=O)CSCc1ccc(C)cc1. The van der Waals surface area contributed by atoms with E-state index >= 15 is 0 Å². The number of carbonyl (C=O) groups excluding carboxylic acids is 2. The van der Waals surface area contributed by atoms with Crippen molar-refractivity contribution in [3.63, 3.8) is 0 Å². The zero-order valence-electron chi connectivity index (χ0n) is 21.5. The lowest BCUT2D eigenvalue weighted by molar-refractivity contribution is -0.139. The van der Waals surface area contributed by atoms with Crippen molar-refractivity contribution < 1.29 is 9.59 Å². The highest BCUT2D eigenvalue weighted by Gasteiger charge is 2.31. The van der Waals surface area contributed by atoms with Gasteiger partial charge in [0.25, 0.3) is 0 Å². The Morgan fingerprint density at radius 2 is 1.57 bits per heavy atom. The molecule has 4 nitrogen and oxygen atoms in total. The minimum absolute atomic E-state index is 0.0115. The molecule has 196 valence electrons. The van der Waals surface area contributed by atoms with Gasteiger partial charge < -0.3 is 10.2 Å². The number of nitrogens with zero attached hydrogens (tertiary/aromatic N) is 1. The van der Waals surface area contributed by atoms with Crippen LogP contribution >= 0.6 is 35.0 Å². The molecule has 0 saturated carbocycles. The van der Waals surface area contributed by atoms with Gasteiger partial charge in [-0.3, -0.25) is 9.59 Å². The Morgan fingerprint density at radius 3 is 2.19 bits per heavy atom. The Morgan fingerprint density at radius 1 is 0.919 bits per heavy atom. The Kier molecular flexibility index (Phi) is 11.4. The van der Waals surface area contributed by atoms with E-state index in [2.05, 4.69) is 36.5 Å². The molecule has 0 heterocycles. The molecule has 2 atom stereocenters. The van der Waals surface area contributed by atoms with Gasteiger partial charge in [-0.2, -0.15) is 0 Å². The molecular weight excluding hydrogens is 523 g/mol. The highest BCUT2D eigenvalue weighted by atomic mass is 35.5. The van der Waals surface area contributed by atoms with Crippen molar-refractivity contribution in [2.75, 3.05) is 5.75 Å². The van der Waals surface area contributed by atoms with Crippen LogP contribution in [-0.4, -0.2) is 34.6 Å². The van der Waals surface area contributed by atoms with Crippen LogP contribution in [0.25, 0.3) is 0 Å². The number of thioether (sulfide) groups is 1. The number of hydrogen-bond acceptors (Lipinski definition) is 3. The summed E-state index contributed by atoms with van der Waals surface area (Å²) in [6, 6.07) is 22.6. The third-order valence-corrected chi connectivity index (χ3v) is 7.97. The van der Waals surface area contributed by atoms with E-state index in [4.69, 9.17) is 23.2 Å². The van der Waals surface area contributed by atoms with E-state index in [1.807, 2.05) is 44.2 Å². The molecule has 0 spiro atoms. The van der Waals surface area contributed by atoms with Gasteiger partial charge in [0.15, 0.2) is 0 Å². The Balaban J connectivity index is 1.90. The van der Waals surface area contributed by atoms with E-state index in [0.29, 0.717) is 27.8 Å². The number of halogens is 2. The van der Waals surface area contributed by atoms with Crippen molar-refractivity contribution in [3.05, 3.63) is 105 Å². The van der Waals surface area contributed by atoms with Gasteiger partial charge in [0.2, 0.25) is 11.8 Å². The first-order valence-electron chi connectivity index (χ1n) is 12.5. The Bertz CT molecular complexity index is 1150. The van der Waals surface area contributed by atoms with E-state index in [0.717, 1.165) is 17.5 Å². The molecule has 1 N–H and O–H groups in total. The molecule has 0 aliphatic carbocycles. The van der Waals surface area contributed by atoms with Crippen molar-refractivity contribution >= 4 is 46.8 Å². The largest absolute Gasteiger partial charge is 0.352 e. The van der Waals surface area contributed by atoms with Crippen LogP contribution in [0.4, 0.5) is 0 Å². The lowest BCUT2D eigenvalue weighted by Crippen LogP contribution is -2.52. The zero-order chi connectivity index (χ0) is 26.8. The molecular formula is C30H34Cl2N2O2S. The second kappa shape index (κ2) is 14.5. The van der Waals surface area contributed by atoms with Gasteiger partial charge in [-0.15, -0.1) is 11.8 Å². The van der Waals surface area contributed by atoms with Crippen LogP contribution in [0.1, 0.15) is 42.5 Å². The quantitative estimate of drug-likeness (QED) is 0.259. The summed E-state index contributed by atoms with van der Waals surface area (Å²) in [5.74, 6) is 0.624. The Labute approximate surface area is 234 Å². The van der Waals surface area contributed by atoms with Crippen molar-refractivity contribution in [3.8, 4) is 0 Å². The maximum Gasteiger partial charge on any atom is 0.243 e.